The lowest BCUT2D eigenvalue weighted by Crippen LogP contribution is -2.13. The molecule has 0 saturated heterocycles. The zero-order valence-electron chi connectivity index (χ0n) is 16.7. The van der Waals surface area contributed by atoms with Gasteiger partial charge in [-0.3, -0.25) is 9.48 Å². The number of carbonyl (C=O) groups excluding carboxylic acids is 1. The highest BCUT2D eigenvalue weighted by atomic mass is 16.1. The minimum Gasteiger partial charge on any atom is -0.343 e. The summed E-state index contributed by atoms with van der Waals surface area (Å²) in [6.45, 7) is 5.02. The van der Waals surface area contributed by atoms with Gasteiger partial charge in [-0.15, -0.1) is 0 Å². The van der Waals surface area contributed by atoms with Gasteiger partial charge < -0.3 is 9.88 Å². The van der Waals surface area contributed by atoms with E-state index in [4.69, 9.17) is 0 Å². The Morgan fingerprint density at radius 1 is 1.10 bits per heavy atom. The van der Waals surface area contributed by atoms with E-state index in [0.717, 1.165) is 28.7 Å². The topological polar surface area (TPSA) is 51.9 Å². The highest BCUT2D eigenvalue weighted by molar-refractivity contribution is 6.06. The minimum absolute atomic E-state index is 0.00864. The van der Waals surface area contributed by atoms with Crippen LogP contribution in [0, 0.1) is 0 Å². The van der Waals surface area contributed by atoms with Gasteiger partial charge in [-0.25, -0.2) is 0 Å². The van der Waals surface area contributed by atoms with Crippen LogP contribution in [0.15, 0.2) is 67.1 Å². The maximum atomic E-state index is 12.6. The maximum absolute atomic E-state index is 12.6. The molecule has 2 aromatic heterocycles. The van der Waals surface area contributed by atoms with Gasteiger partial charge in [-0.1, -0.05) is 36.4 Å². The van der Waals surface area contributed by atoms with Crippen molar-refractivity contribution in [1.29, 1.82) is 0 Å². The van der Waals surface area contributed by atoms with Crippen LogP contribution >= 0.6 is 0 Å². The summed E-state index contributed by atoms with van der Waals surface area (Å²) in [6, 6.07) is 16.9. The Hall–Kier alpha value is -3.34. The van der Waals surface area contributed by atoms with Crippen LogP contribution in [0.5, 0.6) is 0 Å². The Labute approximate surface area is 170 Å². The Kier molecular flexibility index (Phi) is 4.23. The van der Waals surface area contributed by atoms with Crippen LogP contribution in [0.25, 0.3) is 10.9 Å². The molecule has 146 valence electrons. The van der Waals surface area contributed by atoms with E-state index in [2.05, 4.69) is 71.6 Å². The van der Waals surface area contributed by atoms with Crippen molar-refractivity contribution in [2.75, 3.05) is 5.32 Å². The predicted octanol–water partition coefficient (Wildman–Crippen LogP) is 4.94. The number of carbonyl (C=O) groups is 1. The molecule has 0 fully saturated rings. The molecule has 1 atom stereocenters. The number of aromatic nitrogens is 3. The van der Waals surface area contributed by atoms with Crippen molar-refractivity contribution in [1.82, 2.24) is 14.3 Å². The van der Waals surface area contributed by atoms with E-state index in [9.17, 15) is 4.79 Å². The fourth-order valence-electron chi connectivity index (χ4n) is 4.27. The average Bonchev–Trinajstić information content (AvgIpc) is 3.30. The number of nitrogens with zero attached hydrogens (tertiary/aromatic N) is 3. The van der Waals surface area contributed by atoms with Crippen molar-refractivity contribution in [3.63, 3.8) is 0 Å². The van der Waals surface area contributed by atoms with Gasteiger partial charge in [0, 0.05) is 42.7 Å². The molecule has 1 aliphatic rings. The first-order chi connectivity index (χ1) is 14.1. The number of hydrogen-bond donors (Lipinski definition) is 1. The van der Waals surface area contributed by atoms with Gasteiger partial charge in [0.2, 0.25) is 5.91 Å². The van der Waals surface area contributed by atoms with Gasteiger partial charge in [0.15, 0.2) is 0 Å². The molecule has 5 rings (SSSR count). The number of hydrogen-bond acceptors (Lipinski definition) is 2. The quantitative estimate of drug-likeness (QED) is 0.542. The Morgan fingerprint density at radius 2 is 1.93 bits per heavy atom. The van der Waals surface area contributed by atoms with E-state index in [0.29, 0.717) is 12.5 Å². The molecule has 1 N–H and O–H groups in total. The molecule has 29 heavy (non-hydrogen) atoms. The first kappa shape index (κ1) is 17.7. The van der Waals surface area contributed by atoms with E-state index < -0.39 is 0 Å². The Morgan fingerprint density at radius 3 is 2.69 bits per heavy atom. The van der Waals surface area contributed by atoms with Gasteiger partial charge in [-0.2, -0.15) is 5.10 Å². The third kappa shape index (κ3) is 3.12. The monoisotopic (exact) mass is 384 g/mol. The second-order valence-electron chi connectivity index (χ2n) is 8.05. The number of anilines is 1. The maximum Gasteiger partial charge on any atom is 0.225 e. The van der Waals surface area contributed by atoms with E-state index in [-0.39, 0.29) is 11.8 Å². The highest BCUT2D eigenvalue weighted by Crippen LogP contribution is 2.41. The van der Waals surface area contributed by atoms with E-state index >= 15 is 0 Å². The standard InChI is InChI=1S/C24H24N4O/c1-16(2)28-14-18(12-25-28)19-11-23(29)26-21-9-6-10-22-24(21)20(19)15-27(22)13-17-7-4-3-5-8-17/h3-10,12,14-16,19H,11,13H2,1-2H3,(H,26,29)/t19-/m0/s1. The molecule has 4 aromatic rings. The molecule has 0 radical (unpaired) electrons. The number of amides is 1. The van der Waals surface area contributed by atoms with Crippen LogP contribution < -0.4 is 5.32 Å². The molecule has 1 aliphatic heterocycles. The predicted molar refractivity (Wildman–Crippen MR) is 115 cm³/mol. The van der Waals surface area contributed by atoms with E-state index in [1.165, 1.54) is 11.1 Å². The average molecular weight is 384 g/mol. The first-order valence-electron chi connectivity index (χ1n) is 10.1. The van der Waals surface area contributed by atoms with E-state index in [1.54, 1.807) is 0 Å². The third-order valence-corrected chi connectivity index (χ3v) is 5.72. The van der Waals surface area contributed by atoms with Crippen LogP contribution in [0.3, 0.4) is 0 Å². The Bertz CT molecular complexity index is 1190. The SMILES string of the molecule is CC(C)n1cc([C@@H]2CC(=O)Nc3cccc4c3c2cn4Cc2ccccc2)cn1. The van der Waals surface area contributed by atoms with Crippen molar-refractivity contribution in [3.05, 3.63) is 83.8 Å². The highest BCUT2D eigenvalue weighted by Gasteiger charge is 2.28. The summed E-state index contributed by atoms with van der Waals surface area (Å²) in [4.78, 5) is 12.6. The fourth-order valence-corrected chi connectivity index (χ4v) is 4.27. The zero-order chi connectivity index (χ0) is 20.0. The van der Waals surface area contributed by atoms with E-state index in [1.807, 2.05) is 29.1 Å². The molecule has 0 spiro atoms. The summed E-state index contributed by atoms with van der Waals surface area (Å²) < 4.78 is 4.25. The summed E-state index contributed by atoms with van der Waals surface area (Å²) >= 11 is 0. The summed E-state index contributed by atoms with van der Waals surface area (Å²) in [5, 5.41) is 8.77. The number of rotatable bonds is 4. The van der Waals surface area contributed by atoms with Gasteiger partial charge in [0.25, 0.3) is 0 Å². The van der Waals surface area contributed by atoms with Crippen LogP contribution in [0.1, 0.15) is 48.9 Å². The van der Waals surface area contributed by atoms with Crippen molar-refractivity contribution in [3.8, 4) is 0 Å². The number of nitrogens with one attached hydrogen (secondary N) is 1. The molecule has 0 aliphatic carbocycles. The van der Waals surface area contributed by atoms with Crippen LogP contribution in [0.2, 0.25) is 0 Å². The van der Waals surface area contributed by atoms with Crippen LogP contribution in [-0.2, 0) is 11.3 Å². The molecule has 0 bridgehead atoms. The van der Waals surface area contributed by atoms with Crippen LogP contribution in [-0.4, -0.2) is 20.3 Å². The summed E-state index contributed by atoms with van der Waals surface area (Å²) in [7, 11) is 0. The third-order valence-electron chi connectivity index (χ3n) is 5.72. The van der Waals surface area contributed by atoms with Gasteiger partial charge in [0.1, 0.15) is 0 Å². The molecule has 5 nitrogen and oxygen atoms in total. The first-order valence-corrected chi connectivity index (χ1v) is 10.1. The summed E-state index contributed by atoms with van der Waals surface area (Å²) in [5.41, 5.74) is 5.57. The Balaban J connectivity index is 1.67. The molecule has 2 aromatic carbocycles. The second-order valence-corrected chi connectivity index (χ2v) is 8.05. The minimum atomic E-state index is -0.00864. The normalized spacial score (nSPS) is 16.2. The molecular formula is C24H24N4O. The zero-order valence-corrected chi connectivity index (χ0v) is 16.7. The van der Waals surface area contributed by atoms with Gasteiger partial charge in [0.05, 0.1) is 17.4 Å². The molecule has 1 amide bonds. The second kappa shape index (κ2) is 6.92. The summed E-state index contributed by atoms with van der Waals surface area (Å²) in [5.74, 6) is 0.0382. The smallest absolute Gasteiger partial charge is 0.225 e. The van der Waals surface area contributed by atoms with Gasteiger partial charge in [-0.05, 0) is 42.7 Å². The van der Waals surface area contributed by atoms with Crippen molar-refractivity contribution < 1.29 is 4.79 Å². The van der Waals surface area contributed by atoms with Crippen molar-refractivity contribution >= 4 is 22.5 Å². The summed E-state index contributed by atoms with van der Waals surface area (Å²) in [6.07, 6.45) is 6.63. The van der Waals surface area contributed by atoms with Gasteiger partial charge >= 0.3 is 0 Å². The lowest BCUT2D eigenvalue weighted by atomic mass is 9.91. The van der Waals surface area contributed by atoms with Crippen molar-refractivity contribution in [2.24, 2.45) is 0 Å². The largest absolute Gasteiger partial charge is 0.343 e. The fraction of sp³-hybridized carbons (Fsp3) is 0.250. The molecule has 5 heteroatoms. The number of benzene rings is 2. The lowest BCUT2D eigenvalue weighted by molar-refractivity contribution is -0.116. The lowest BCUT2D eigenvalue weighted by Gasteiger charge is -2.12. The van der Waals surface area contributed by atoms with Crippen molar-refractivity contribution in [2.45, 2.75) is 38.8 Å². The molecule has 0 saturated carbocycles. The molecular weight excluding hydrogens is 360 g/mol. The molecule has 3 heterocycles. The van der Waals surface area contributed by atoms with Crippen LogP contribution in [0.4, 0.5) is 5.69 Å². The molecule has 0 unspecified atom stereocenters.